The molecule has 0 atom stereocenters. The minimum absolute atomic E-state index is 0.104. The second-order valence-electron chi connectivity index (χ2n) is 3.91. The third-order valence-electron chi connectivity index (χ3n) is 2.45. The number of carbonyl (C=O) groups excluding carboxylic acids is 1. The summed E-state index contributed by atoms with van der Waals surface area (Å²) in [5.74, 6) is -0.596. The number of benzene rings is 2. The molecule has 1 amide bonds. The molecule has 0 saturated heterocycles. The summed E-state index contributed by atoms with van der Waals surface area (Å²) in [5, 5.41) is 14.1. The van der Waals surface area contributed by atoms with Crippen molar-refractivity contribution < 1.29 is 9.90 Å². The van der Waals surface area contributed by atoms with Crippen LogP contribution in [0, 0.1) is 0 Å². The second-order valence-corrected chi connectivity index (χ2v) is 5.26. The van der Waals surface area contributed by atoms with Gasteiger partial charge < -0.3 is 5.11 Å². The number of phenolic OH excluding ortho intramolecular Hbond substituents is 1. The van der Waals surface area contributed by atoms with E-state index in [0.29, 0.717) is 9.50 Å². The Hall–Kier alpha value is -1.85. The molecule has 4 nitrogen and oxygen atoms in total. The summed E-state index contributed by atoms with van der Waals surface area (Å²) < 4.78 is 0.696. The first-order chi connectivity index (χ1) is 9.56. The minimum atomic E-state index is -0.492. The van der Waals surface area contributed by atoms with Crippen molar-refractivity contribution in [3.05, 3.63) is 63.1 Å². The normalized spacial score (nSPS) is 10.7. The lowest BCUT2D eigenvalue weighted by molar-refractivity contribution is 0.0952. The molecule has 2 aromatic carbocycles. The first-order valence-electron chi connectivity index (χ1n) is 5.64. The van der Waals surface area contributed by atoms with Crippen LogP contribution in [-0.2, 0) is 0 Å². The third-order valence-corrected chi connectivity index (χ3v) is 3.20. The average Bonchev–Trinajstić information content (AvgIpc) is 2.43. The SMILES string of the molecule is O=C(N/N=C\c1ccc(Cl)cc1)c1cc(Br)ccc1O. The number of carbonyl (C=O) groups is 1. The molecule has 6 heteroatoms. The van der Waals surface area contributed by atoms with Crippen LogP contribution in [-0.4, -0.2) is 17.2 Å². The van der Waals surface area contributed by atoms with Gasteiger partial charge in [-0.15, -0.1) is 0 Å². The van der Waals surface area contributed by atoms with E-state index in [1.807, 2.05) is 0 Å². The van der Waals surface area contributed by atoms with Gasteiger partial charge in [-0.05, 0) is 35.9 Å². The maximum absolute atomic E-state index is 11.8. The lowest BCUT2D eigenvalue weighted by atomic mass is 10.2. The molecular weight excluding hydrogens is 344 g/mol. The molecular formula is C14H10BrClN2O2. The molecule has 2 N–H and O–H groups in total. The zero-order valence-corrected chi connectivity index (χ0v) is 12.5. The number of hydrogen-bond donors (Lipinski definition) is 2. The van der Waals surface area contributed by atoms with Gasteiger partial charge in [0.1, 0.15) is 5.75 Å². The maximum Gasteiger partial charge on any atom is 0.275 e. The zero-order valence-electron chi connectivity index (χ0n) is 10.2. The first-order valence-corrected chi connectivity index (χ1v) is 6.81. The van der Waals surface area contributed by atoms with E-state index in [1.165, 1.54) is 18.3 Å². The van der Waals surface area contributed by atoms with E-state index in [4.69, 9.17) is 11.6 Å². The standard InChI is InChI=1S/C14H10BrClN2O2/c15-10-3-6-13(19)12(7-10)14(20)18-17-8-9-1-4-11(16)5-2-9/h1-8,19H,(H,18,20)/b17-8-. The van der Waals surface area contributed by atoms with Crippen LogP contribution in [0.25, 0.3) is 0 Å². The van der Waals surface area contributed by atoms with Crippen molar-refractivity contribution in [2.24, 2.45) is 5.10 Å². The van der Waals surface area contributed by atoms with Crippen molar-refractivity contribution in [2.45, 2.75) is 0 Å². The Labute approximate surface area is 129 Å². The lowest BCUT2D eigenvalue weighted by Gasteiger charge is -2.03. The fraction of sp³-hybridized carbons (Fsp3) is 0. The monoisotopic (exact) mass is 352 g/mol. The predicted molar refractivity (Wildman–Crippen MR) is 82.3 cm³/mol. The number of nitrogens with zero attached hydrogens (tertiary/aromatic N) is 1. The molecule has 0 aliphatic carbocycles. The summed E-state index contributed by atoms with van der Waals surface area (Å²) in [6, 6.07) is 11.6. The Kier molecular flexibility index (Phi) is 4.76. The molecule has 0 spiro atoms. The fourth-order valence-electron chi connectivity index (χ4n) is 1.46. The molecule has 20 heavy (non-hydrogen) atoms. The highest BCUT2D eigenvalue weighted by Gasteiger charge is 2.10. The molecule has 0 saturated carbocycles. The predicted octanol–water partition coefficient (Wildman–Crippen LogP) is 3.57. The number of aromatic hydroxyl groups is 1. The topological polar surface area (TPSA) is 61.7 Å². The Morgan fingerprint density at radius 1 is 1.25 bits per heavy atom. The molecule has 0 heterocycles. The van der Waals surface area contributed by atoms with Gasteiger partial charge in [0.25, 0.3) is 5.91 Å². The van der Waals surface area contributed by atoms with Crippen molar-refractivity contribution in [1.82, 2.24) is 5.43 Å². The Morgan fingerprint density at radius 2 is 1.95 bits per heavy atom. The van der Waals surface area contributed by atoms with Gasteiger partial charge in [-0.25, -0.2) is 5.43 Å². The van der Waals surface area contributed by atoms with Gasteiger partial charge in [-0.2, -0.15) is 5.10 Å². The molecule has 2 aromatic rings. The van der Waals surface area contributed by atoms with Gasteiger partial charge in [0.05, 0.1) is 11.8 Å². The van der Waals surface area contributed by atoms with Crippen LogP contribution in [0.3, 0.4) is 0 Å². The number of rotatable bonds is 3. The largest absolute Gasteiger partial charge is 0.507 e. The van der Waals surface area contributed by atoms with Gasteiger partial charge in [0.2, 0.25) is 0 Å². The van der Waals surface area contributed by atoms with Crippen molar-refractivity contribution in [1.29, 1.82) is 0 Å². The van der Waals surface area contributed by atoms with Gasteiger partial charge in [-0.3, -0.25) is 4.79 Å². The van der Waals surface area contributed by atoms with E-state index >= 15 is 0 Å². The van der Waals surface area contributed by atoms with Crippen LogP contribution in [0.4, 0.5) is 0 Å². The van der Waals surface area contributed by atoms with Crippen LogP contribution < -0.4 is 5.43 Å². The van der Waals surface area contributed by atoms with Gasteiger partial charge >= 0.3 is 0 Å². The van der Waals surface area contributed by atoms with Gasteiger partial charge in [-0.1, -0.05) is 39.7 Å². The van der Waals surface area contributed by atoms with Crippen molar-refractivity contribution in [3.8, 4) is 5.75 Å². The first kappa shape index (κ1) is 14.6. The molecule has 0 unspecified atom stereocenters. The molecule has 102 valence electrons. The van der Waals surface area contributed by atoms with Gasteiger partial charge in [0, 0.05) is 9.50 Å². The van der Waals surface area contributed by atoms with Crippen molar-refractivity contribution >= 4 is 39.7 Å². The number of hydrogen-bond acceptors (Lipinski definition) is 3. The summed E-state index contributed by atoms with van der Waals surface area (Å²) in [7, 11) is 0. The number of amides is 1. The summed E-state index contributed by atoms with van der Waals surface area (Å²) >= 11 is 9.00. The van der Waals surface area contributed by atoms with Gasteiger partial charge in [0.15, 0.2) is 0 Å². The van der Waals surface area contributed by atoms with E-state index in [2.05, 4.69) is 26.5 Å². The van der Waals surface area contributed by atoms with Crippen molar-refractivity contribution in [2.75, 3.05) is 0 Å². The van der Waals surface area contributed by atoms with Crippen molar-refractivity contribution in [3.63, 3.8) is 0 Å². The molecule has 0 fully saturated rings. The van der Waals surface area contributed by atoms with Crippen LogP contribution in [0.15, 0.2) is 52.0 Å². The van der Waals surface area contributed by atoms with E-state index in [-0.39, 0.29) is 11.3 Å². The molecule has 0 aliphatic rings. The smallest absolute Gasteiger partial charge is 0.275 e. The summed E-state index contributed by atoms with van der Waals surface area (Å²) in [6.07, 6.45) is 1.49. The van der Waals surface area contributed by atoms with E-state index in [9.17, 15) is 9.90 Å². The molecule has 2 rings (SSSR count). The Bertz CT molecular complexity index is 657. The highest BCUT2D eigenvalue weighted by Crippen LogP contribution is 2.21. The fourth-order valence-corrected chi connectivity index (χ4v) is 1.95. The Balaban J connectivity index is 2.05. The number of halogens is 2. The summed E-state index contributed by atoms with van der Waals surface area (Å²) in [5.41, 5.74) is 3.29. The maximum atomic E-state index is 11.8. The number of phenols is 1. The second kappa shape index (κ2) is 6.54. The molecule has 0 bridgehead atoms. The molecule has 0 radical (unpaired) electrons. The van der Waals surface area contributed by atoms with E-state index in [0.717, 1.165) is 5.56 Å². The minimum Gasteiger partial charge on any atom is -0.507 e. The van der Waals surface area contributed by atoms with Crippen LogP contribution in [0.5, 0.6) is 5.75 Å². The van der Waals surface area contributed by atoms with E-state index < -0.39 is 5.91 Å². The Morgan fingerprint density at radius 3 is 2.65 bits per heavy atom. The highest BCUT2D eigenvalue weighted by molar-refractivity contribution is 9.10. The lowest BCUT2D eigenvalue weighted by Crippen LogP contribution is -2.17. The third kappa shape index (κ3) is 3.82. The summed E-state index contributed by atoms with van der Waals surface area (Å²) in [6.45, 7) is 0. The highest BCUT2D eigenvalue weighted by atomic mass is 79.9. The number of hydrazone groups is 1. The summed E-state index contributed by atoms with van der Waals surface area (Å²) in [4.78, 5) is 11.8. The number of nitrogens with one attached hydrogen (secondary N) is 1. The zero-order chi connectivity index (χ0) is 14.5. The molecule has 0 aliphatic heterocycles. The quantitative estimate of drug-likeness (QED) is 0.654. The van der Waals surface area contributed by atoms with Crippen LogP contribution in [0.1, 0.15) is 15.9 Å². The van der Waals surface area contributed by atoms with Crippen LogP contribution >= 0.6 is 27.5 Å². The molecule has 0 aromatic heterocycles. The average molecular weight is 354 g/mol. The van der Waals surface area contributed by atoms with E-state index in [1.54, 1.807) is 30.3 Å². The van der Waals surface area contributed by atoms with Crippen LogP contribution in [0.2, 0.25) is 5.02 Å².